The lowest BCUT2D eigenvalue weighted by Gasteiger charge is -2.07. The van der Waals surface area contributed by atoms with Crippen LogP contribution in [0, 0.1) is 0 Å². The number of thiazole rings is 1. The van der Waals surface area contributed by atoms with Crippen molar-refractivity contribution in [3.63, 3.8) is 0 Å². The van der Waals surface area contributed by atoms with Crippen molar-refractivity contribution in [2.75, 3.05) is 7.11 Å². The first-order valence-corrected chi connectivity index (χ1v) is 8.02. The van der Waals surface area contributed by atoms with Crippen LogP contribution in [0.1, 0.15) is 10.4 Å². The Morgan fingerprint density at radius 3 is 2.83 bits per heavy atom. The minimum atomic E-state index is -0.373. The summed E-state index contributed by atoms with van der Waals surface area (Å²) in [4.78, 5) is 13.0. The maximum atomic E-state index is 12.3. The highest BCUT2D eigenvalue weighted by Gasteiger charge is 2.12. The molecule has 0 saturated heterocycles. The van der Waals surface area contributed by atoms with Gasteiger partial charge < -0.3 is 9.30 Å². The molecule has 0 spiro atoms. The van der Waals surface area contributed by atoms with Gasteiger partial charge in [-0.3, -0.25) is 4.79 Å². The first-order valence-electron chi connectivity index (χ1n) is 6.82. The Labute approximate surface area is 141 Å². The normalized spacial score (nSPS) is 11.7. The van der Waals surface area contributed by atoms with Crippen LogP contribution in [0.15, 0.2) is 47.6 Å². The summed E-state index contributed by atoms with van der Waals surface area (Å²) >= 11 is 7.44. The standard InChI is InChI=1S/C16H14ClN3O2S/c1-20-12-5-3-4-6-14(12)23-16(20)19-18-15(21)11-9-10(17)7-8-13(11)22-2/h3-9H,1-2H3,(H,18,21)/b19-16+. The number of benzene rings is 2. The predicted octanol–water partition coefficient (Wildman–Crippen LogP) is 3.15. The minimum absolute atomic E-state index is 0.340. The van der Waals surface area contributed by atoms with Crippen LogP contribution in [0.4, 0.5) is 0 Å². The molecule has 3 aromatic rings. The Hall–Kier alpha value is -2.31. The number of carbonyl (C=O) groups excluding carboxylic acids is 1. The highest BCUT2D eigenvalue weighted by molar-refractivity contribution is 7.16. The van der Waals surface area contributed by atoms with Gasteiger partial charge in [0.15, 0.2) is 0 Å². The first-order chi connectivity index (χ1) is 11.1. The molecule has 23 heavy (non-hydrogen) atoms. The van der Waals surface area contributed by atoms with Gasteiger partial charge in [-0.2, -0.15) is 0 Å². The van der Waals surface area contributed by atoms with Gasteiger partial charge in [0, 0.05) is 12.1 Å². The molecule has 1 aromatic heterocycles. The number of carbonyl (C=O) groups is 1. The summed E-state index contributed by atoms with van der Waals surface area (Å²) < 4.78 is 8.21. The van der Waals surface area contributed by atoms with E-state index in [0.29, 0.717) is 21.1 Å². The number of aryl methyl sites for hydroxylation is 1. The van der Waals surface area contributed by atoms with Crippen molar-refractivity contribution in [2.24, 2.45) is 12.1 Å². The molecule has 3 rings (SSSR count). The van der Waals surface area contributed by atoms with Crippen molar-refractivity contribution in [3.8, 4) is 5.75 Å². The SMILES string of the molecule is COc1ccc(Cl)cc1C(=O)N/N=c1/sc2ccccc2n1C. The number of aromatic nitrogens is 1. The molecule has 2 aromatic carbocycles. The summed E-state index contributed by atoms with van der Waals surface area (Å²) in [5.41, 5.74) is 3.96. The Bertz CT molecular complexity index is 946. The van der Waals surface area contributed by atoms with Crippen molar-refractivity contribution in [2.45, 2.75) is 0 Å². The lowest BCUT2D eigenvalue weighted by Crippen LogP contribution is -2.23. The van der Waals surface area contributed by atoms with Crippen molar-refractivity contribution >= 4 is 39.1 Å². The van der Waals surface area contributed by atoms with E-state index in [1.165, 1.54) is 18.4 Å². The number of ether oxygens (including phenoxy) is 1. The fraction of sp³-hybridized carbons (Fsp3) is 0.125. The molecule has 0 bridgehead atoms. The minimum Gasteiger partial charge on any atom is -0.496 e. The predicted molar refractivity (Wildman–Crippen MR) is 91.8 cm³/mol. The largest absolute Gasteiger partial charge is 0.496 e. The highest BCUT2D eigenvalue weighted by atomic mass is 35.5. The second-order valence-electron chi connectivity index (χ2n) is 4.81. The van der Waals surface area contributed by atoms with Crippen molar-refractivity contribution in [1.29, 1.82) is 0 Å². The van der Waals surface area contributed by atoms with E-state index >= 15 is 0 Å². The second kappa shape index (κ2) is 6.44. The third-order valence-corrected chi connectivity index (χ3v) is 4.72. The monoisotopic (exact) mass is 347 g/mol. The van der Waals surface area contributed by atoms with E-state index in [0.717, 1.165) is 10.2 Å². The van der Waals surface area contributed by atoms with Gasteiger partial charge in [0.05, 0.1) is 22.9 Å². The fourth-order valence-corrected chi connectivity index (χ4v) is 3.36. The van der Waals surface area contributed by atoms with Crippen LogP contribution in [0.2, 0.25) is 5.02 Å². The summed E-state index contributed by atoms with van der Waals surface area (Å²) in [6.45, 7) is 0. The van der Waals surface area contributed by atoms with Crippen molar-refractivity contribution < 1.29 is 9.53 Å². The number of hydrogen-bond donors (Lipinski definition) is 1. The van der Waals surface area contributed by atoms with Crippen LogP contribution in [-0.4, -0.2) is 17.6 Å². The van der Waals surface area contributed by atoms with Gasteiger partial charge in [-0.25, -0.2) is 5.43 Å². The number of fused-ring (bicyclic) bond motifs is 1. The summed E-state index contributed by atoms with van der Waals surface area (Å²) in [7, 11) is 3.41. The molecule has 0 unspecified atom stereocenters. The summed E-state index contributed by atoms with van der Waals surface area (Å²) in [5, 5.41) is 4.67. The molecule has 0 aliphatic heterocycles. The number of hydrogen-bond acceptors (Lipinski definition) is 4. The van der Waals surface area contributed by atoms with Gasteiger partial charge in [-0.1, -0.05) is 35.1 Å². The van der Waals surface area contributed by atoms with Crippen LogP contribution in [0.5, 0.6) is 5.75 Å². The summed E-state index contributed by atoms with van der Waals surface area (Å²) in [5.74, 6) is 0.0737. The lowest BCUT2D eigenvalue weighted by atomic mass is 10.2. The van der Waals surface area contributed by atoms with Crippen LogP contribution in [0.3, 0.4) is 0 Å². The van der Waals surface area contributed by atoms with Gasteiger partial charge >= 0.3 is 0 Å². The molecule has 118 valence electrons. The van der Waals surface area contributed by atoms with E-state index < -0.39 is 0 Å². The average molecular weight is 348 g/mol. The Balaban J connectivity index is 1.94. The highest BCUT2D eigenvalue weighted by Crippen LogP contribution is 2.22. The molecule has 0 aliphatic carbocycles. The Kier molecular flexibility index (Phi) is 4.36. The molecule has 1 heterocycles. The number of para-hydroxylation sites is 1. The maximum absolute atomic E-state index is 12.3. The van der Waals surface area contributed by atoms with Gasteiger partial charge in [-0.05, 0) is 30.3 Å². The van der Waals surface area contributed by atoms with Crippen LogP contribution in [-0.2, 0) is 7.05 Å². The molecular formula is C16H14ClN3O2S. The number of nitrogens with zero attached hydrogens (tertiary/aromatic N) is 2. The average Bonchev–Trinajstić information content (AvgIpc) is 2.89. The van der Waals surface area contributed by atoms with Crippen molar-refractivity contribution in [3.05, 3.63) is 57.9 Å². The number of rotatable bonds is 3. The number of nitrogens with one attached hydrogen (secondary N) is 1. The quantitative estimate of drug-likeness (QED) is 0.740. The lowest BCUT2D eigenvalue weighted by molar-refractivity contribution is 0.0950. The van der Waals surface area contributed by atoms with E-state index in [1.807, 2.05) is 35.9 Å². The molecular weight excluding hydrogens is 334 g/mol. The van der Waals surface area contributed by atoms with Gasteiger partial charge in [0.1, 0.15) is 5.75 Å². The second-order valence-corrected chi connectivity index (χ2v) is 6.25. The summed E-state index contributed by atoms with van der Waals surface area (Å²) in [6.07, 6.45) is 0. The number of methoxy groups -OCH3 is 1. The third-order valence-electron chi connectivity index (χ3n) is 3.37. The van der Waals surface area contributed by atoms with Gasteiger partial charge in [0.2, 0.25) is 4.80 Å². The molecule has 0 fully saturated rings. The van der Waals surface area contributed by atoms with Crippen molar-refractivity contribution in [1.82, 2.24) is 9.99 Å². The van der Waals surface area contributed by atoms with E-state index in [1.54, 1.807) is 18.2 Å². The zero-order chi connectivity index (χ0) is 16.4. The molecule has 5 nitrogen and oxygen atoms in total. The molecule has 1 N–H and O–H groups in total. The number of halogens is 1. The maximum Gasteiger partial charge on any atom is 0.275 e. The smallest absolute Gasteiger partial charge is 0.275 e. The van der Waals surface area contributed by atoms with E-state index in [2.05, 4.69) is 10.5 Å². The van der Waals surface area contributed by atoms with E-state index in [9.17, 15) is 4.79 Å². The topological polar surface area (TPSA) is 55.6 Å². The van der Waals surface area contributed by atoms with Gasteiger partial charge in [0.25, 0.3) is 5.91 Å². The first kappa shape index (κ1) is 15.6. The van der Waals surface area contributed by atoms with Gasteiger partial charge in [-0.15, -0.1) is 5.10 Å². The number of amides is 1. The molecule has 0 aliphatic rings. The zero-order valence-corrected chi connectivity index (χ0v) is 14.1. The zero-order valence-electron chi connectivity index (χ0n) is 12.5. The van der Waals surface area contributed by atoms with Crippen LogP contribution in [0.25, 0.3) is 10.2 Å². The Morgan fingerprint density at radius 1 is 1.30 bits per heavy atom. The Morgan fingerprint density at radius 2 is 2.09 bits per heavy atom. The van der Waals surface area contributed by atoms with Crippen LogP contribution >= 0.6 is 22.9 Å². The third kappa shape index (κ3) is 3.09. The molecule has 0 atom stereocenters. The van der Waals surface area contributed by atoms with Crippen LogP contribution < -0.4 is 15.0 Å². The molecule has 1 amide bonds. The van der Waals surface area contributed by atoms with E-state index in [4.69, 9.17) is 16.3 Å². The molecule has 7 heteroatoms. The summed E-state index contributed by atoms with van der Waals surface area (Å²) in [6, 6.07) is 12.8. The molecule has 0 saturated carbocycles. The fourth-order valence-electron chi connectivity index (χ4n) is 2.20. The molecule has 0 radical (unpaired) electrons. The van der Waals surface area contributed by atoms with E-state index in [-0.39, 0.29) is 5.91 Å².